The highest BCUT2D eigenvalue weighted by atomic mass is 32.2. The van der Waals surface area contributed by atoms with Crippen molar-refractivity contribution in [2.45, 2.75) is 30.3 Å². The van der Waals surface area contributed by atoms with Crippen LogP contribution < -0.4 is 5.32 Å². The van der Waals surface area contributed by atoms with Gasteiger partial charge in [-0.05, 0) is 37.2 Å². The summed E-state index contributed by atoms with van der Waals surface area (Å²) in [6.07, 6.45) is 0. The van der Waals surface area contributed by atoms with Crippen molar-refractivity contribution in [3.05, 3.63) is 59.7 Å². The summed E-state index contributed by atoms with van der Waals surface area (Å²) in [4.78, 5) is 4.80. The smallest absolute Gasteiger partial charge is 0.0780 e. The summed E-state index contributed by atoms with van der Waals surface area (Å²) in [5, 5.41) is 5.88. The van der Waals surface area contributed by atoms with Crippen LogP contribution in [0.3, 0.4) is 0 Å². The summed E-state index contributed by atoms with van der Waals surface area (Å²) >= 11 is 1.80. The molecular weight excluding hydrogens is 276 g/mol. The third-order valence-corrected chi connectivity index (χ3v) is 4.56. The van der Waals surface area contributed by atoms with E-state index in [2.05, 4.69) is 72.7 Å². The van der Waals surface area contributed by atoms with Gasteiger partial charge in [-0.25, -0.2) is 0 Å². The molecule has 0 aliphatic carbocycles. The van der Waals surface area contributed by atoms with Crippen molar-refractivity contribution < 1.29 is 0 Å². The van der Waals surface area contributed by atoms with E-state index in [0.717, 1.165) is 13.1 Å². The SMILES string of the molecule is CCNCc1cc(C)ccc1Sc1cc2ccccc2[nH]1. The van der Waals surface area contributed by atoms with Crippen molar-refractivity contribution in [2.24, 2.45) is 0 Å². The summed E-state index contributed by atoms with van der Waals surface area (Å²) in [7, 11) is 0. The molecule has 1 aromatic heterocycles. The number of H-pyrrole nitrogens is 1. The molecular formula is C18H20N2S. The van der Waals surface area contributed by atoms with Crippen LogP contribution in [0.5, 0.6) is 0 Å². The van der Waals surface area contributed by atoms with Crippen LogP contribution in [-0.2, 0) is 6.54 Å². The van der Waals surface area contributed by atoms with Crippen LogP contribution in [-0.4, -0.2) is 11.5 Å². The fourth-order valence-electron chi connectivity index (χ4n) is 2.43. The van der Waals surface area contributed by atoms with Crippen molar-refractivity contribution in [1.82, 2.24) is 10.3 Å². The fourth-order valence-corrected chi connectivity index (χ4v) is 3.41. The average molecular weight is 296 g/mol. The zero-order valence-corrected chi connectivity index (χ0v) is 13.3. The lowest BCUT2D eigenvalue weighted by molar-refractivity contribution is 0.717. The monoisotopic (exact) mass is 296 g/mol. The standard InChI is InChI=1S/C18H20N2S/c1-3-19-12-15-10-13(2)8-9-17(15)21-18-11-14-6-4-5-7-16(14)20-18/h4-11,19-20H,3,12H2,1-2H3. The van der Waals surface area contributed by atoms with E-state index < -0.39 is 0 Å². The van der Waals surface area contributed by atoms with E-state index in [0.29, 0.717) is 0 Å². The Balaban J connectivity index is 1.89. The second-order valence-corrected chi connectivity index (χ2v) is 6.30. The number of fused-ring (bicyclic) bond motifs is 1. The molecule has 0 radical (unpaired) electrons. The minimum Gasteiger partial charge on any atom is -0.349 e. The Morgan fingerprint density at radius 3 is 2.76 bits per heavy atom. The van der Waals surface area contributed by atoms with Crippen LogP contribution in [0.2, 0.25) is 0 Å². The highest BCUT2D eigenvalue weighted by Gasteiger charge is 2.07. The number of aryl methyl sites for hydroxylation is 1. The molecule has 0 unspecified atom stereocenters. The Labute approximate surface area is 130 Å². The zero-order valence-electron chi connectivity index (χ0n) is 12.4. The molecule has 2 N–H and O–H groups in total. The molecule has 0 aliphatic heterocycles. The van der Waals surface area contributed by atoms with Crippen LogP contribution in [0.15, 0.2) is 58.5 Å². The van der Waals surface area contributed by atoms with Gasteiger partial charge in [0.15, 0.2) is 0 Å². The lowest BCUT2D eigenvalue weighted by Crippen LogP contribution is -2.12. The third kappa shape index (κ3) is 3.31. The summed E-state index contributed by atoms with van der Waals surface area (Å²) in [5.41, 5.74) is 3.87. The first-order valence-corrected chi connectivity index (χ1v) is 8.14. The number of nitrogens with one attached hydrogen (secondary N) is 2. The molecule has 2 nitrogen and oxygen atoms in total. The van der Waals surface area contributed by atoms with Gasteiger partial charge in [0, 0.05) is 22.3 Å². The number of hydrogen-bond donors (Lipinski definition) is 2. The summed E-state index contributed by atoms with van der Waals surface area (Å²) < 4.78 is 0. The fraction of sp³-hybridized carbons (Fsp3) is 0.222. The summed E-state index contributed by atoms with van der Waals surface area (Å²) in [6.45, 7) is 6.19. The van der Waals surface area contributed by atoms with Crippen LogP contribution in [0.4, 0.5) is 0 Å². The highest BCUT2D eigenvalue weighted by molar-refractivity contribution is 7.99. The molecule has 0 fully saturated rings. The van der Waals surface area contributed by atoms with Crippen LogP contribution in [0.25, 0.3) is 10.9 Å². The Kier molecular flexibility index (Phi) is 4.32. The first-order valence-electron chi connectivity index (χ1n) is 7.32. The predicted molar refractivity (Wildman–Crippen MR) is 91.0 cm³/mol. The van der Waals surface area contributed by atoms with E-state index in [-0.39, 0.29) is 0 Å². The van der Waals surface area contributed by atoms with E-state index in [9.17, 15) is 0 Å². The molecule has 3 rings (SSSR count). The van der Waals surface area contributed by atoms with Crippen molar-refractivity contribution in [3.8, 4) is 0 Å². The van der Waals surface area contributed by atoms with E-state index in [1.807, 2.05) is 0 Å². The van der Waals surface area contributed by atoms with Gasteiger partial charge in [-0.2, -0.15) is 0 Å². The average Bonchev–Trinajstić information content (AvgIpc) is 2.89. The second kappa shape index (κ2) is 6.37. The van der Waals surface area contributed by atoms with Crippen molar-refractivity contribution in [3.63, 3.8) is 0 Å². The maximum atomic E-state index is 3.48. The molecule has 0 saturated heterocycles. The Hall–Kier alpha value is -1.71. The number of aromatic amines is 1. The summed E-state index contributed by atoms with van der Waals surface area (Å²) in [5.74, 6) is 0. The van der Waals surface area contributed by atoms with E-state index >= 15 is 0 Å². The van der Waals surface area contributed by atoms with Gasteiger partial charge in [-0.15, -0.1) is 0 Å². The first kappa shape index (κ1) is 14.2. The van der Waals surface area contributed by atoms with E-state index in [1.54, 1.807) is 11.8 Å². The number of benzene rings is 2. The molecule has 1 heterocycles. The van der Waals surface area contributed by atoms with Gasteiger partial charge in [-0.3, -0.25) is 0 Å². The molecule has 0 saturated carbocycles. The minimum absolute atomic E-state index is 0.917. The molecule has 3 heteroatoms. The summed E-state index contributed by atoms with van der Waals surface area (Å²) in [6, 6.07) is 17.3. The number of aromatic nitrogens is 1. The van der Waals surface area contributed by atoms with Crippen molar-refractivity contribution >= 4 is 22.7 Å². The van der Waals surface area contributed by atoms with Crippen molar-refractivity contribution in [2.75, 3.05) is 6.54 Å². The maximum Gasteiger partial charge on any atom is 0.0780 e. The molecule has 0 amide bonds. The Morgan fingerprint density at radius 1 is 1.10 bits per heavy atom. The van der Waals surface area contributed by atoms with Gasteiger partial charge < -0.3 is 10.3 Å². The molecule has 0 spiro atoms. The highest BCUT2D eigenvalue weighted by Crippen LogP contribution is 2.32. The number of rotatable bonds is 5. The molecule has 2 aromatic carbocycles. The van der Waals surface area contributed by atoms with Gasteiger partial charge in [-0.1, -0.05) is 54.6 Å². The minimum atomic E-state index is 0.917. The maximum absolute atomic E-state index is 3.48. The Bertz CT molecular complexity index is 713. The third-order valence-electron chi connectivity index (χ3n) is 3.51. The number of para-hydroxylation sites is 1. The van der Waals surface area contributed by atoms with Crippen LogP contribution in [0, 0.1) is 6.92 Å². The largest absolute Gasteiger partial charge is 0.349 e. The van der Waals surface area contributed by atoms with Crippen molar-refractivity contribution in [1.29, 1.82) is 0 Å². The molecule has 0 atom stereocenters. The lowest BCUT2D eigenvalue weighted by atomic mass is 10.1. The van der Waals surface area contributed by atoms with Gasteiger partial charge in [0.1, 0.15) is 0 Å². The number of hydrogen-bond acceptors (Lipinski definition) is 2. The van der Waals surface area contributed by atoms with E-state index in [4.69, 9.17) is 0 Å². The molecule has 0 bridgehead atoms. The quantitative estimate of drug-likeness (QED) is 0.712. The van der Waals surface area contributed by atoms with Gasteiger partial charge >= 0.3 is 0 Å². The lowest BCUT2D eigenvalue weighted by Gasteiger charge is -2.10. The predicted octanol–water partition coefficient (Wildman–Crippen LogP) is 4.74. The van der Waals surface area contributed by atoms with Gasteiger partial charge in [0.25, 0.3) is 0 Å². The van der Waals surface area contributed by atoms with Crippen LogP contribution >= 0.6 is 11.8 Å². The van der Waals surface area contributed by atoms with Gasteiger partial charge in [0.05, 0.1) is 5.03 Å². The molecule has 0 aliphatic rings. The van der Waals surface area contributed by atoms with Gasteiger partial charge in [0.2, 0.25) is 0 Å². The first-order chi connectivity index (χ1) is 10.3. The topological polar surface area (TPSA) is 27.8 Å². The molecule has 3 aromatic rings. The van der Waals surface area contributed by atoms with Crippen LogP contribution in [0.1, 0.15) is 18.1 Å². The Morgan fingerprint density at radius 2 is 1.95 bits per heavy atom. The van der Waals surface area contributed by atoms with E-state index in [1.165, 1.54) is 32.0 Å². The molecule has 108 valence electrons. The zero-order chi connectivity index (χ0) is 14.7. The molecule has 21 heavy (non-hydrogen) atoms. The second-order valence-electron chi connectivity index (χ2n) is 5.21. The normalized spacial score (nSPS) is 11.1.